The van der Waals surface area contributed by atoms with Crippen LogP contribution in [0.2, 0.25) is 0 Å². The molecule has 0 radical (unpaired) electrons. The van der Waals surface area contributed by atoms with Gasteiger partial charge >= 0.3 is 0 Å². The number of aliphatic hydroxyl groups is 1. The van der Waals surface area contributed by atoms with Gasteiger partial charge in [0.2, 0.25) is 5.95 Å². The first-order valence-electron chi connectivity index (χ1n) is 8.71. The normalized spacial score (nSPS) is 17.9. The molecule has 1 unspecified atom stereocenters. The average molecular weight is 363 g/mol. The summed E-state index contributed by atoms with van der Waals surface area (Å²) in [5, 5.41) is 16.2. The Morgan fingerprint density at radius 3 is 2.96 bits per heavy atom. The molecular weight excluding hydrogens is 342 g/mol. The van der Waals surface area contributed by atoms with Crippen LogP contribution in [-0.2, 0) is 5.41 Å². The minimum Gasteiger partial charge on any atom is -0.497 e. The van der Waals surface area contributed by atoms with E-state index in [0.717, 1.165) is 34.1 Å². The predicted octanol–water partition coefficient (Wildman–Crippen LogP) is 2.97. The van der Waals surface area contributed by atoms with Gasteiger partial charge in [-0.2, -0.15) is 0 Å². The van der Waals surface area contributed by atoms with Gasteiger partial charge in [0.25, 0.3) is 0 Å². The van der Waals surface area contributed by atoms with E-state index in [1.165, 1.54) is 0 Å². The van der Waals surface area contributed by atoms with Gasteiger partial charge in [0.05, 0.1) is 19.4 Å². The summed E-state index contributed by atoms with van der Waals surface area (Å²) in [6.07, 6.45) is 3.49. The number of ether oxygens (including phenoxy) is 1. The molecule has 1 aromatic carbocycles. The number of nitrogens with zero attached hydrogens (tertiary/aromatic N) is 3. The van der Waals surface area contributed by atoms with Gasteiger partial charge in [0.1, 0.15) is 11.6 Å². The van der Waals surface area contributed by atoms with Crippen LogP contribution in [0.4, 0.5) is 17.5 Å². The molecule has 0 spiro atoms. The highest BCUT2D eigenvalue weighted by atomic mass is 16.5. The zero-order valence-corrected chi connectivity index (χ0v) is 15.2. The van der Waals surface area contributed by atoms with Crippen LogP contribution in [0.15, 0.2) is 48.8 Å². The number of methoxy groups -OCH3 is 1. The Morgan fingerprint density at radius 2 is 2.15 bits per heavy atom. The van der Waals surface area contributed by atoms with Crippen molar-refractivity contribution < 1.29 is 9.84 Å². The Balaban J connectivity index is 1.64. The van der Waals surface area contributed by atoms with E-state index in [-0.39, 0.29) is 12.0 Å². The average Bonchev–Trinajstić information content (AvgIpc) is 3.05. The molecule has 3 heterocycles. The van der Waals surface area contributed by atoms with Crippen LogP contribution in [0.25, 0.3) is 11.3 Å². The van der Waals surface area contributed by atoms with E-state index in [1.807, 2.05) is 43.3 Å². The lowest BCUT2D eigenvalue weighted by Crippen LogP contribution is -2.28. The van der Waals surface area contributed by atoms with E-state index in [4.69, 9.17) is 4.74 Å². The molecule has 1 aliphatic rings. The van der Waals surface area contributed by atoms with Crippen LogP contribution in [0, 0.1) is 0 Å². The first-order valence-corrected chi connectivity index (χ1v) is 8.71. The SMILES string of the molecule is COc1cccc(Nc2nccc(-c3cnc4c(c3)C(C)(CO)CN4)n2)c1. The summed E-state index contributed by atoms with van der Waals surface area (Å²) in [5.41, 5.74) is 3.15. The van der Waals surface area contributed by atoms with E-state index in [2.05, 4.69) is 25.6 Å². The van der Waals surface area contributed by atoms with Crippen LogP contribution in [0.3, 0.4) is 0 Å². The lowest BCUT2D eigenvalue weighted by atomic mass is 9.85. The summed E-state index contributed by atoms with van der Waals surface area (Å²) in [6.45, 7) is 2.75. The fourth-order valence-electron chi connectivity index (χ4n) is 3.13. The van der Waals surface area contributed by atoms with Gasteiger partial charge in [-0.25, -0.2) is 15.0 Å². The Labute approximate surface area is 157 Å². The van der Waals surface area contributed by atoms with Gasteiger partial charge in [-0.15, -0.1) is 0 Å². The maximum atomic E-state index is 9.77. The molecule has 4 rings (SSSR count). The van der Waals surface area contributed by atoms with Crippen LogP contribution in [-0.4, -0.2) is 40.3 Å². The lowest BCUT2D eigenvalue weighted by molar-refractivity contribution is 0.218. The number of hydrogen-bond acceptors (Lipinski definition) is 7. The van der Waals surface area contributed by atoms with E-state index in [9.17, 15) is 5.11 Å². The summed E-state index contributed by atoms with van der Waals surface area (Å²) in [7, 11) is 1.63. The standard InChI is InChI=1S/C20H21N5O2/c1-20(12-26)11-23-18-16(20)8-13(10-22-18)17-6-7-21-19(25-17)24-14-4-3-5-15(9-14)27-2/h3-10,26H,11-12H2,1-2H3,(H,22,23)(H,21,24,25). The number of benzene rings is 1. The largest absolute Gasteiger partial charge is 0.497 e. The first kappa shape index (κ1) is 17.2. The van der Waals surface area contributed by atoms with Crippen molar-refractivity contribution in [2.24, 2.45) is 0 Å². The zero-order chi connectivity index (χ0) is 18.9. The van der Waals surface area contributed by atoms with Crippen LogP contribution >= 0.6 is 0 Å². The fraction of sp³-hybridized carbons (Fsp3) is 0.250. The molecule has 7 nitrogen and oxygen atoms in total. The van der Waals surface area contributed by atoms with Crippen molar-refractivity contribution in [2.75, 3.05) is 30.9 Å². The molecule has 3 N–H and O–H groups in total. The highest BCUT2D eigenvalue weighted by Gasteiger charge is 2.35. The van der Waals surface area contributed by atoms with Gasteiger partial charge in [-0.3, -0.25) is 0 Å². The van der Waals surface area contributed by atoms with Gasteiger partial charge < -0.3 is 20.5 Å². The summed E-state index contributed by atoms with van der Waals surface area (Å²) in [5.74, 6) is 2.07. The molecule has 1 aliphatic heterocycles. The number of fused-ring (bicyclic) bond motifs is 1. The topological polar surface area (TPSA) is 92.2 Å². The minimum absolute atomic E-state index is 0.0601. The molecule has 27 heavy (non-hydrogen) atoms. The molecule has 138 valence electrons. The second-order valence-electron chi connectivity index (χ2n) is 6.81. The van der Waals surface area contributed by atoms with Gasteiger partial charge in [0.15, 0.2) is 0 Å². The summed E-state index contributed by atoms with van der Waals surface area (Å²) >= 11 is 0. The Kier molecular flexibility index (Phi) is 4.37. The molecule has 1 atom stereocenters. The van der Waals surface area contributed by atoms with Crippen molar-refractivity contribution in [1.29, 1.82) is 0 Å². The third-order valence-electron chi connectivity index (χ3n) is 4.81. The molecule has 0 saturated heterocycles. The van der Waals surface area contributed by atoms with E-state index in [0.29, 0.717) is 12.5 Å². The van der Waals surface area contributed by atoms with Crippen LogP contribution < -0.4 is 15.4 Å². The van der Waals surface area contributed by atoms with E-state index < -0.39 is 0 Å². The van der Waals surface area contributed by atoms with Crippen molar-refractivity contribution in [2.45, 2.75) is 12.3 Å². The number of hydrogen-bond donors (Lipinski definition) is 3. The molecule has 3 aromatic rings. The number of rotatable bonds is 5. The monoisotopic (exact) mass is 363 g/mol. The smallest absolute Gasteiger partial charge is 0.227 e. The third kappa shape index (κ3) is 3.29. The van der Waals surface area contributed by atoms with Crippen molar-refractivity contribution in [3.05, 3.63) is 54.4 Å². The second kappa shape index (κ2) is 6.85. The Hall–Kier alpha value is -3.19. The zero-order valence-electron chi connectivity index (χ0n) is 15.2. The number of aromatic nitrogens is 3. The van der Waals surface area contributed by atoms with Crippen molar-refractivity contribution in [3.63, 3.8) is 0 Å². The number of anilines is 3. The van der Waals surface area contributed by atoms with Gasteiger partial charge in [-0.05, 0) is 24.3 Å². The van der Waals surface area contributed by atoms with Gasteiger partial charge in [0, 0.05) is 47.2 Å². The van der Waals surface area contributed by atoms with Crippen LogP contribution in [0.5, 0.6) is 5.75 Å². The molecule has 7 heteroatoms. The van der Waals surface area contributed by atoms with E-state index >= 15 is 0 Å². The number of nitrogens with one attached hydrogen (secondary N) is 2. The maximum absolute atomic E-state index is 9.77. The Bertz CT molecular complexity index is 978. The quantitative estimate of drug-likeness (QED) is 0.642. The molecule has 0 bridgehead atoms. The van der Waals surface area contributed by atoms with Crippen molar-refractivity contribution in [1.82, 2.24) is 15.0 Å². The molecule has 0 amide bonds. The number of pyridine rings is 1. The second-order valence-corrected chi connectivity index (χ2v) is 6.81. The molecule has 2 aromatic heterocycles. The van der Waals surface area contributed by atoms with Crippen molar-refractivity contribution in [3.8, 4) is 17.0 Å². The highest BCUT2D eigenvalue weighted by molar-refractivity contribution is 5.67. The predicted molar refractivity (Wildman–Crippen MR) is 104 cm³/mol. The van der Waals surface area contributed by atoms with Gasteiger partial charge in [-0.1, -0.05) is 13.0 Å². The molecule has 0 aliphatic carbocycles. The van der Waals surface area contributed by atoms with Crippen molar-refractivity contribution >= 4 is 17.5 Å². The minimum atomic E-state index is -0.340. The molecule has 0 saturated carbocycles. The van der Waals surface area contributed by atoms with Crippen LogP contribution in [0.1, 0.15) is 12.5 Å². The molecular formula is C20H21N5O2. The molecule has 0 fully saturated rings. The first-order chi connectivity index (χ1) is 13.1. The summed E-state index contributed by atoms with van der Waals surface area (Å²) < 4.78 is 5.24. The van der Waals surface area contributed by atoms with E-state index in [1.54, 1.807) is 19.5 Å². The lowest BCUT2D eigenvalue weighted by Gasteiger charge is -2.20. The third-order valence-corrected chi connectivity index (χ3v) is 4.81. The fourth-order valence-corrected chi connectivity index (χ4v) is 3.13. The Morgan fingerprint density at radius 1 is 1.26 bits per heavy atom. The summed E-state index contributed by atoms with van der Waals surface area (Å²) in [6, 6.07) is 11.5. The number of aliphatic hydroxyl groups excluding tert-OH is 1. The maximum Gasteiger partial charge on any atom is 0.227 e. The summed E-state index contributed by atoms with van der Waals surface area (Å²) in [4.78, 5) is 13.4. The highest BCUT2D eigenvalue weighted by Crippen LogP contribution is 2.37.